The summed E-state index contributed by atoms with van der Waals surface area (Å²) in [5.74, 6) is 0. The predicted octanol–water partition coefficient (Wildman–Crippen LogP) is 1.36. The van der Waals surface area contributed by atoms with Crippen LogP contribution in [0.3, 0.4) is 0 Å². The molecule has 1 aliphatic heterocycles. The Morgan fingerprint density at radius 2 is 2.21 bits per heavy atom. The maximum atomic E-state index is 11.5. The Hall–Kier alpha value is -0.680. The Morgan fingerprint density at radius 3 is 2.93 bits per heavy atom. The first kappa shape index (κ1) is 9.86. The van der Waals surface area contributed by atoms with E-state index in [9.17, 15) is 4.79 Å². The van der Waals surface area contributed by atoms with Gasteiger partial charge in [-0.3, -0.25) is 4.57 Å². The third kappa shape index (κ3) is 2.04. The van der Waals surface area contributed by atoms with Gasteiger partial charge in [-0.15, -0.1) is 0 Å². The van der Waals surface area contributed by atoms with Crippen LogP contribution < -0.4 is 5.69 Å². The summed E-state index contributed by atoms with van der Waals surface area (Å²) in [7, 11) is 0. The molecule has 1 aromatic rings. The number of nitrogens with zero attached hydrogens (tertiary/aromatic N) is 2. The first-order valence-electron chi connectivity index (χ1n) is 4.59. The van der Waals surface area contributed by atoms with Gasteiger partial charge < -0.3 is 4.74 Å². The Balaban J connectivity index is 2.29. The average Bonchev–Trinajstić information content (AvgIpc) is 2.23. The molecule has 0 atom stereocenters. The number of hydrogen-bond acceptors (Lipinski definition) is 3. The van der Waals surface area contributed by atoms with Crippen molar-refractivity contribution in [2.24, 2.45) is 0 Å². The largest absolute Gasteiger partial charge is 0.381 e. The van der Waals surface area contributed by atoms with Gasteiger partial charge in [0.15, 0.2) is 0 Å². The maximum Gasteiger partial charge on any atom is 0.347 e. The normalized spacial score (nSPS) is 18.4. The summed E-state index contributed by atoms with van der Waals surface area (Å²) >= 11 is 3.31. The summed E-state index contributed by atoms with van der Waals surface area (Å²) in [6.45, 7) is 1.45. The van der Waals surface area contributed by atoms with Crippen LogP contribution in [0.25, 0.3) is 0 Å². The van der Waals surface area contributed by atoms with Crippen LogP contribution in [0.1, 0.15) is 18.9 Å². The van der Waals surface area contributed by atoms with E-state index in [1.54, 1.807) is 10.8 Å². The lowest BCUT2D eigenvalue weighted by Crippen LogP contribution is -2.30. The predicted molar refractivity (Wildman–Crippen MR) is 55.3 cm³/mol. The molecule has 0 bridgehead atoms. The Kier molecular flexibility index (Phi) is 2.98. The molecule has 0 aromatic carbocycles. The van der Waals surface area contributed by atoms with Crippen molar-refractivity contribution in [3.8, 4) is 0 Å². The molecule has 0 radical (unpaired) electrons. The van der Waals surface area contributed by atoms with E-state index in [1.807, 2.05) is 0 Å². The molecule has 1 aromatic heterocycles. The average molecular weight is 259 g/mol. The number of rotatable bonds is 1. The molecular formula is C9H11BrN2O2. The standard InChI is InChI=1S/C9H11BrN2O2/c10-7-5-11-9(13)12(6-7)8-1-3-14-4-2-8/h5-6,8H,1-4H2. The van der Waals surface area contributed by atoms with Crippen molar-refractivity contribution < 1.29 is 4.74 Å². The van der Waals surface area contributed by atoms with Crippen LogP contribution in [-0.4, -0.2) is 22.8 Å². The molecule has 0 amide bonds. The van der Waals surface area contributed by atoms with E-state index in [1.165, 1.54) is 6.20 Å². The quantitative estimate of drug-likeness (QED) is 0.764. The van der Waals surface area contributed by atoms with Gasteiger partial charge in [-0.25, -0.2) is 9.78 Å². The van der Waals surface area contributed by atoms with Crippen molar-refractivity contribution in [1.29, 1.82) is 0 Å². The number of aromatic nitrogens is 2. The van der Waals surface area contributed by atoms with Crippen LogP contribution in [0.5, 0.6) is 0 Å². The Morgan fingerprint density at radius 1 is 1.50 bits per heavy atom. The van der Waals surface area contributed by atoms with E-state index in [2.05, 4.69) is 20.9 Å². The molecule has 0 unspecified atom stereocenters. The van der Waals surface area contributed by atoms with Crippen LogP contribution in [0.2, 0.25) is 0 Å². The van der Waals surface area contributed by atoms with Gasteiger partial charge in [-0.05, 0) is 28.8 Å². The van der Waals surface area contributed by atoms with Crippen LogP contribution in [0, 0.1) is 0 Å². The lowest BCUT2D eigenvalue weighted by atomic mass is 10.1. The molecule has 5 heteroatoms. The maximum absolute atomic E-state index is 11.5. The van der Waals surface area contributed by atoms with E-state index in [-0.39, 0.29) is 11.7 Å². The zero-order chi connectivity index (χ0) is 9.97. The van der Waals surface area contributed by atoms with E-state index in [4.69, 9.17) is 4.74 Å². The molecule has 0 spiro atoms. The summed E-state index contributed by atoms with van der Waals surface area (Å²) < 4.78 is 7.77. The fraction of sp³-hybridized carbons (Fsp3) is 0.556. The second kappa shape index (κ2) is 4.23. The lowest BCUT2D eigenvalue weighted by Gasteiger charge is -2.23. The molecule has 2 heterocycles. The van der Waals surface area contributed by atoms with E-state index >= 15 is 0 Å². The SMILES string of the molecule is O=c1ncc(Br)cn1C1CCOCC1. The topological polar surface area (TPSA) is 44.1 Å². The molecule has 1 saturated heterocycles. The third-order valence-electron chi connectivity index (χ3n) is 2.37. The van der Waals surface area contributed by atoms with Gasteiger partial charge in [-0.2, -0.15) is 0 Å². The highest BCUT2D eigenvalue weighted by atomic mass is 79.9. The highest BCUT2D eigenvalue weighted by Gasteiger charge is 2.16. The molecule has 2 rings (SSSR count). The molecule has 4 nitrogen and oxygen atoms in total. The van der Waals surface area contributed by atoms with Crippen molar-refractivity contribution in [1.82, 2.24) is 9.55 Å². The van der Waals surface area contributed by atoms with Gasteiger partial charge in [0.2, 0.25) is 0 Å². The van der Waals surface area contributed by atoms with Crippen LogP contribution >= 0.6 is 15.9 Å². The number of halogens is 1. The van der Waals surface area contributed by atoms with Gasteiger partial charge in [-0.1, -0.05) is 0 Å². The smallest absolute Gasteiger partial charge is 0.347 e. The summed E-state index contributed by atoms with van der Waals surface area (Å²) in [5, 5.41) is 0. The van der Waals surface area contributed by atoms with Gasteiger partial charge in [0.1, 0.15) is 0 Å². The second-order valence-electron chi connectivity index (χ2n) is 3.31. The van der Waals surface area contributed by atoms with Gasteiger partial charge in [0.05, 0.1) is 4.47 Å². The Bertz CT molecular complexity index is 371. The van der Waals surface area contributed by atoms with Crippen molar-refractivity contribution in [2.75, 3.05) is 13.2 Å². The lowest BCUT2D eigenvalue weighted by molar-refractivity contribution is 0.0682. The molecule has 0 aliphatic carbocycles. The van der Waals surface area contributed by atoms with Crippen LogP contribution in [-0.2, 0) is 4.74 Å². The van der Waals surface area contributed by atoms with Crippen LogP contribution in [0.15, 0.2) is 21.7 Å². The minimum atomic E-state index is -0.180. The molecule has 1 aliphatic rings. The fourth-order valence-electron chi connectivity index (χ4n) is 1.63. The van der Waals surface area contributed by atoms with Crippen molar-refractivity contribution in [3.05, 3.63) is 27.4 Å². The first-order chi connectivity index (χ1) is 6.77. The van der Waals surface area contributed by atoms with E-state index < -0.39 is 0 Å². The van der Waals surface area contributed by atoms with E-state index in [0.717, 1.165) is 30.5 Å². The molecule has 14 heavy (non-hydrogen) atoms. The summed E-state index contributed by atoms with van der Waals surface area (Å²) in [4.78, 5) is 15.2. The van der Waals surface area contributed by atoms with Gasteiger partial charge in [0, 0.05) is 31.6 Å². The highest BCUT2D eigenvalue weighted by Crippen LogP contribution is 2.19. The molecule has 0 N–H and O–H groups in total. The van der Waals surface area contributed by atoms with Crippen molar-refractivity contribution >= 4 is 15.9 Å². The highest BCUT2D eigenvalue weighted by molar-refractivity contribution is 9.10. The minimum Gasteiger partial charge on any atom is -0.381 e. The fourth-order valence-corrected chi connectivity index (χ4v) is 1.95. The number of ether oxygens (including phenoxy) is 1. The summed E-state index contributed by atoms with van der Waals surface area (Å²) in [5.41, 5.74) is -0.180. The molecule has 1 fully saturated rings. The number of hydrogen-bond donors (Lipinski definition) is 0. The zero-order valence-corrected chi connectivity index (χ0v) is 9.24. The van der Waals surface area contributed by atoms with Crippen LogP contribution in [0.4, 0.5) is 0 Å². The third-order valence-corrected chi connectivity index (χ3v) is 2.78. The first-order valence-corrected chi connectivity index (χ1v) is 5.38. The minimum absolute atomic E-state index is 0.180. The monoisotopic (exact) mass is 258 g/mol. The summed E-state index contributed by atoms with van der Waals surface area (Å²) in [6, 6.07) is 0.237. The van der Waals surface area contributed by atoms with E-state index in [0.29, 0.717) is 0 Å². The zero-order valence-electron chi connectivity index (χ0n) is 7.65. The second-order valence-corrected chi connectivity index (χ2v) is 4.22. The van der Waals surface area contributed by atoms with Gasteiger partial charge >= 0.3 is 5.69 Å². The summed E-state index contributed by atoms with van der Waals surface area (Å²) in [6.07, 6.45) is 5.10. The van der Waals surface area contributed by atoms with Gasteiger partial charge in [0.25, 0.3) is 0 Å². The molecule has 76 valence electrons. The Labute approximate surface area is 90.0 Å². The van der Waals surface area contributed by atoms with Crippen molar-refractivity contribution in [2.45, 2.75) is 18.9 Å². The van der Waals surface area contributed by atoms with Crippen molar-refractivity contribution in [3.63, 3.8) is 0 Å². The molecular weight excluding hydrogens is 248 g/mol. The molecule has 0 saturated carbocycles.